The molecule has 2 aliphatic heterocycles. The summed E-state index contributed by atoms with van der Waals surface area (Å²) in [6.45, 7) is 4.37. The molecular formula is C33H31N9O2. The number of hydrogen-bond donors (Lipinski definition) is 3. The summed E-state index contributed by atoms with van der Waals surface area (Å²) in [5, 5.41) is 11.9. The van der Waals surface area contributed by atoms with Gasteiger partial charge in [0.2, 0.25) is 0 Å². The standard InChI is InChI=1S/C33H31N9O2/c1-21(37-32(43)29-30(34)38-41-15-7-14-35-31(29)41)26-18-23-9-6-8-22(28(23)33(44)42(26)24-10-4-3-5-11-24)12-13-25-19-36-27-20-39(2)16-17-40(25)27/h3-11,14-15,18,20-21,25,36H,16-17,19H2,1-2H3,(H2,34,38)(H,37,43). The second-order valence-electron chi connectivity index (χ2n) is 11.0. The smallest absolute Gasteiger partial charge is 0.264 e. The second-order valence-corrected chi connectivity index (χ2v) is 11.0. The van der Waals surface area contributed by atoms with E-state index in [2.05, 4.69) is 55.6 Å². The van der Waals surface area contributed by atoms with Crippen LogP contribution in [0.4, 0.5) is 5.82 Å². The van der Waals surface area contributed by atoms with Gasteiger partial charge in [-0.25, -0.2) is 9.50 Å². The van der Waals surface area contributed by atoms with Gasteiger partial charge in [0.05, 0.1) is 11.4 Å². The molecule has 2 atom stereocenters. The first-order chi connectivity index (χ1) is 21.4. The number of para-hydroxylation sites is 1. The van der Waals surface area contributed by atoms with E-state index < -0.39 is 11.9 Å². The number of nitrogen functional groups attached to an aromatic ring is 1. The van der Waals surface area contributed by atoms with Crippen molar-refractivity contribution in [3.8, 4) is 17.5 Å². The van der Waals surface area contributed by atoms with Gasteiger partial charge >= 0.3 is 0 Å². The average Bonchev–Trinajstić information content (AvgIpc) is 3.59. The number of nitrogens with two attached hydrogens (primary N) is 1. The molecule has 11 nitrogen and oxygen atoms in total. The summed E-state index contributed by atoms with van der Waals surface area (Å²) in [6, 6.07) is 18.2. The van der Waals surface area contributed by atoms with E-state index in [4.69, 9.17) is 5.73 Å². The average molecular weight is 586 g/mol. The molecular weight excluding hydrogens is 554 g/mol. The molecule has 1 fully saturated rings. The first kappa shape index (κ1) is 27.1. The number of nitrogens with one attached hydrogen (secondary N) is 2. The van der Waals surface area contributed by atoms with Crippen molar-refractivity contribution in [2.24, 2.45) is 0 Å². The maximum Gasteiger partial charge on any atom is 0.264 e. The zero-order valence-corrected chi connectivity index (χ0v) is 24.4. The summed E-state index contributed by atoms with van der Waals surface area (Å²) in [4.78, 5) is 36.6. The molecule has 2 unspecified atom stereocenters. The molecule has 0 spiro atoms. The Morgan fingerprint density at radius 3 is 2.82 bits per heavy atom. The maximum absolute atomic E-state index is 14.4. The highest BCUT2D eigenvalue weighted by molar-refractivity contribution is 6.04. The highest BCUT2D eigenvalue weighted by Gasteiger charge is 2.29. The van der Waals surface area contributed by atoms with Crippen LogP contribution in [0.25, 0.3) is 22.1 Å². The van der Waals surface area contributed by atoms with Gasteiger partial charge < -0.3 is 26.2 Å². The van der Waals surface area contributed by atoms with Crippen LogP contribution in [0.2, 0.25) is 0 Å². The van der Waals surface area contributed by atoms with Crippen molar-refractivity contribution in [3.05, 3.63) is 112 Å². The van der Waals surface area contributed by atoms with Crippen molar-refractivity contribution >= 4 is 28.1 Å². The van der Waals surface area contributed by atoms with E-state index in [9.17, 15) is 9.59 Å². The summed E-state index contributed by atoms with van der Waals surface area (Å²) in [7, 11) is 2.06. The van der Waals surface area contributed by atoms with Crippen LogP contribution in [0.1, 0.15) is 34.6 Å². The highest BCUT2D eigenvalue weighted by atomic mass is 16.2. The zero-order chi connectivity index (χ0) is 30.4. The first-order valence-electron chi connectivity index (χ1n) is 14.5. The van der Waals surface area contributed by atoms with Crippen LogP contribution < -0.4 is 21.9 Å². The van der Waals surface area contributed by atoms with E-state index >= 15 is 0 Å². The third-order valence-corrected chi connectivity index (χ3v) is 8.10. The highest BCUT2D eigenvalue weighted by Crippen LogP contribution is 2.25. The Morgan fingerprint density at radius 1 is 1.14 bits per heavy atom. The van der Waals surface area contributed by atoms with Gasteiger partial charge in [-0.3, -0.25) is 14.2 Å². The fraction of sp³-hybridized carbons (Fsp3) is 0.212. The Bertz CT molecular complexity index is 2070. The number of rotatable bonds is 4. The van der Waals surface area contributed by atoms with Crippen molar-refractivity contribution in [3.63, 3.8) is 0 Å². The summed E-state index contributed by atoms with van der Waals surface area (Å²) < 4.78 is 3.12. The number of carbonyl (C=O) groups excluding carboxylic acids is 1. The minimum absolute atomic E-state index is 0.0120. The normalized spacial score (nSPS) is 16.6. The van der Waals surface area contributed by atoms with Crippen LogP contribution >= 0.6 is 0 Å². The van der Waals surface area contributed by atoms with Crippen LogP contribution in [0.3, 0.4) is 0 Å². The number of amides is 1. The molecule has 2 aromatic carbocycles. The van der Waals surface area contributed by atoms with Crippen LogP contribution in [0.15, 0.2) is 89.9 Å². The van der Waals surface area contributed by atoms with Crippen molar-refractivity contribution in [1.29, 1.82) is 0 Å². The van der Waals surface area contributed by atoms with Crippen LogP contribution in [0.5, 0.6) is 0 Å². The van der Waals surface area contributed by atoms with E-state index in [1.807, 2.05) is 61.5 Å². The Morgan fingerprint density at radius 2 is 1.98 bits per heavy atom. The molecule has 5 heterocycles. The number of aromatic nitrogens is 4. The second kappa shape index (κ2) is 10.8. The quantitative estimate of drug-likeness (QED) is 0.275. The van der Waals surface area contributed by atoms with E-state index in [0.717, 1.165) is 30.8 Å². The monoisotopic (exact) mass is 585 g/mol. The van der Waals surface area contributed by atoms with Gasteiger partial charge in [-0.1, -0.05) is 42.2 Å². The summed E-state index contributed by atoms with van der Waals surface area (Å²) in [5.41, 5.74) is 8.40. The molecule has 7 rings (SSSR count). The topological polar surface area (TPSA) is 126 Å². The molecule has 11 heteroatoms. The van der Waals surface area contributed by atoms with Gasteiger partial charge in [-0.05, 0) is 42.6 Å². The molecule has 0 aliphatic carbocycles. The lowest BCUT2D eigenvalue weighted by Crippen LogP contribution is -2.39. The largest absolute Gasteiger partial charge is 0.381 e. The van der Waals surface area contributed by atoms with Gasteiger partial charge in [0.25, 0.3) is 11.5 Å². The van der Waals surface area contributed by atoms with Crippen LogP contribution in [0, 0.1) is 11.8 Å². The van der Waals surface area contributed by atoms with Crippen molar-refractivity contribution in [2.75, 3.05) is 32.4 Å². The first-order valence-corrected chi connectivity index (χ1v) is 14.5. The third kappa shape index (κ3) is 4.66. The summed E-state index contributed by atoms with van der Waals surface area (Å²) in [6.07, 6.45) is 5.36. The number of nitrogens with zero attached hydrogens (tertiary/aromatic N) is 6. The molecule has 220 valence electrons. The molecule has 0 saturated carbocycles. The predicted octanol–water partition coefficient (Wildman–Crippen LogP) is 2.48. The number of benzene rings is 2. The number of hydrogen-bond acceptors (Lipinski definition) is 8. The number of likely N-dealkylation sites (N-methyl/N-ethyl adjacent to an activating group) is 1. The van der Waals surface area contributed by atoms with E-state index in [-0.39, 0.29) is 23.0 Å². The van der Waals surface area contributed by atoms with Crippen LogP contribution in [-0.4, -0.2) is 67.6 Å². The third-order valence-electron chi connectivity index (χ3n) is 8.10. The fourth-order valence-corrected chi connectivity index (χ4v) is 5.92. The molecule has 2 aliphatic rings. The van der Waals surface area contributed by atoms with E-state index in [1.165, 1.54) is 4.52 Å². The summed E-state index contributed by atoms with van der Waals surface area (Å²) in [5.74, 6) is 7.46. The van der Waals surface area contributed by atoms with Gasteiger partial charge in [-0.15, -0.1) is 5.10 Å². The van der Waals surface area contributed by atoms with E-state index in [1.54, 1.807) is 23.0 Å². The number of anilines is 1. The molecule has 0 radical (unpaired) electrons. The lowest BCUT2D eigenvalue weighted by atomic mass is 10.0. The Labute approximate surface area is 253 Å². The van der Waals surface area contributed by atoms with E-state index in [0.29, 0.717) is 28.0 Å². The molecule has 4 N–H and O–H groups in total. The number of fused-ring (bicyclic) bond motifs is 3. The van der Waals surface area contributed by atoms with Crippen molar-refractivity contribution in [2.45, 2.75) is 19.0 Å². The van der Waals surface area contributed by atoms with Gasteiger partial charge in [-0.2, -0.15) is 0 Å². The van der Waals surface area contributed by atoms with Crippen LogP contribution in [-0.2, 0) is 0 Å². The van der Waals surface area contributed by atoms with Crippen molar-refractivity contribution < 1.29 is 4.79 Å². The summed E-state index contributed by atoms with van der Waals surface area (Å²) >= 11 is 0. The maximum atomic E-state index is 14.4. The van der Waals surface area contributed by atoms with Crippen molar-refractivity contribution in [1.82, 2.24) is 39.6 Å². The van der Waals surface area contributed by atoms with Gasteiger partial charge in [0.15, 0.2) is 11.5 Å². The zero-order valence-electron chi connectivity index (χ0n) is 24.4. The minimum atomic E-state index is -0.570. The fourth-order valence-electron chi connectivity index (χ4n) is 5.92. The van der Waals surface area contributed by atoms with Gasteiger partial charge in [0, 0.05) is 62.2 Å². The molecule has 3 aromatic heterocycles. The lowest BCUT2D eigenvalue weighted by molar-refractivity contribution is 0.0941. The molecule has 0 bridgehead atoms. The molecule has 5 aromatic rings. The van der Waals surface area contributed by atoms with Gasteiger partial charge in [0.1, 0.15) is 17.4 Å². The molecule has 1 amide bonds. The number of pyridine rings is 1. The Balaban J connectivity index is 1.30. The predicted molar refractivity (Wildman–Crippen MR) is 169 cm³/mol. The minimum Gasteiger partial charge on any atom is -0.381 e. The SMILES string of the molecule is CC(NC(=O)c1c(N)nn2cccnc12)c1cc2cccc(C#CC3CNC4=CN(C)CCN43)c2c(=O)n1-c1ccccc1. The lowest BCUT2D eigenvalue weighted by Gasteiger charge is -2.31. The Kier molecular flexibility index (Phi) is 6.66. The molecule has 44 heavy (non-hydrogen) atoms. The Hall–Kier alpha value is -5.76. The number of carbonyl (C=O) groups is 1. The molecule has 1 saturated heterocycles.